The van der Waals surface area contributed by atoms with Crippen molar-refractivity contribution < 1.29 is 19.4 Å². The number of ether oxygens (including phenoxy) is 1. The van der Waals surface area contributed by atoms with Crippen LogP contribution in [0.5, 0.6) is 0 Å². The minimum atomic E-state index is -0.863. The molecule has 0 bridgehead atoms. The molecule has 0 aromatic rings. The van der Waals surface area contributed by atoms with E-state index in [9.17, 15) is 9.59 Å². The fourth-order valence-corrected chi connectivity index (χ4v) is 3.44. The Labute approximate surface area is 149 Å². The number of amides is 2. The van der Waals surface area contributed by atoms with E-state index in [1.807, 2.05) is 11.8 Å². The highest BCUT2D eigenvalue weighted by Gasteiger charge is 2.25. The largest absolute Gasteiger partial charge is 0.480 e. The monoisotopic (exact) mass is 361 g/mol. The molecule has 1 saturated heterocycles. The van der Waals surface area contributed by atoms with Crippen molar-refractivity contribution in [3.8, 4) is 0 Å². The van der Waals surface area contributed by atoms with Crippen molar-refractivity contribution in [3.05, 3.63) is 0 Å². The molecule has 1 rings (SSSR count). The van der Waals surface area contributed by atoms with Gasteiger partial charge in [-0.3, -0.25) is 9.69 Å². The molecule has 0 aromatic carbocycles. The fourth-order valence-electron chi connectivity index (χ4n) is 2.46. The van der Waals surface area contributed by atoms with Gasteiger partial charge in [-0.25, -0.2) is 4.79 Å². The molecule has 7 nitrogen and oxygen atoms in total. The van der Waals surface area contributed by atoms with Crippen molar-refractivity contribution in [1.29, 1.82) is 0 Å². The van der Waals surface area contributed by atoms with Crippen molar-refractivity contribution in [2.24, 2.45) is 5.92 Å². The number of carbonyl (C=O) groups is 2. The summed E-state index contributed by atoms with van der Waals surface area (Å²) in [4.78, 5) is 26.3. The quantitative estimate of drug-likeness (QED) is 0.569. The van der Waals surface area contributed by atoms with Gasteiger partial charge in [-0.05, 0) is 30.9 Å². The Morgan fingerprint density at radius 3 is 2.88 bits per heavy atom. The Balaban J connectivity index is 2.21. The first-order valence-electron chi connectivity index (χ1n) is 8.51. The van der Waals surface area contributed by atoms with Gasteiger partial charge in [0.2, 0.25) is 0 Å². The number of likely N-dealkylation sites (N-methyl/N-ethyl adjacent to an activating group) is 1. The molecule has 0 saturated carbocycles. The van der Waals surface area contributed by atoms with Gasteiger partial charge >= 0.3 is 12.0 Å². The molecule has 2 amide bonds. The van der Waals surface area contributed by atoms with E-state index in [-0.39, 0.29) is 18.7 Å². The van der Waals surface area contributed by atoms with Gasteiger partial charge < -0.3 is 20.1 Å². The molecule has 0 aromatic heterocycles. The number of carboxylic acids is 1. The molecule has 1 unspecified atom stereocenters. The van der Waals surface area contributed by atoms with Crippen LogP contribution in [0.1, 0.15) is 20.3 Å². The SMILES string of the molecule is CC(C)CSCCCNC(=O)N1CCOC(CN(C)CC(=O)O)C1. The smallest absolute Gasteiger partial charge is 0.317 e. The first-order valence-corrected chi connectivity index (χ1v) is 9.66. The predicted octanol–water partition coefficient (Wildman–Crippen LogP) is 1.19. The number of nitrogens with zero attached hydrogens (tertiary/aromatic N) is 2. The topological polar surface area (TPSA) is 82.1 Å². The van der Waals surface area contributed by atoms with Gasteiger partial charge in [0.1, 0.15) is 0 Å². The van der Waals surface area contributed by atoms with E-state index in [0.29, 0.717) is 38.7 Å². The van der Waals surface area contributed by atoms with Crippen LogP contribution in [0.25, 0.3) is 0 Å². The lowest BCUT2D eigenvalue weighted by atomic mass is 10.2. The number of carbonyl (C=O) groups excluding carboxylic acids is 1. The van der Waals surface area contributed by atoms with Crippen LogP contribution >= 0.6 is 11.8 Å². The average molecular weight is 362 g/mol. The molecule has 24 heavy (non-hydrogen) atoms. The van der Waals surface area contributed by atoms with Crippen LogP contribution in [0.4, 0.5) is 4.79 Å². The Hall–Kier alpha value is -0.990. The van der Waals surface area contributed by atoms with Crippen molar-refractivity contribution >= 4 is 23.8 Å². The maximum absolute atomic E-state index is 12.2. The van der Waals surface area contributed by atoms with Gasteiger partial charge in [-0.15, -0.1) is 0 Å². The second-order valence-corrected chi connectivity index (χ2v) is 7.73. The fraction of sp³-hybridized carbons (Fsp3) is 0.875. The van der Waals surface area contributed by atoms with E-state index in [2.05, 4.69) is 19.2 Å². The molecule has 1 heterocycles. The zero-order valence-corrected chi connectivity index (χ0v) is 15.8. The third-order valence-corrected chi connectivity index (χ3v) is 5.02. The number of rotatable bonds is 10. The minimum absolute atomic E-state index is 0.0277. The van der Waals surface area contributed by atoms with E-state index in [1.54, 1.807) is 16.8 Å². The summed E-state index contributed by atoms with van der Waals surface area (Å²) in [6, 6.07) is -0.0574. The summed E-state index contributed by atoms with van der Waals surface area (Å²) in [5, 5.41) is 11.7. The lowest BCUT2D eigenvalue weighted by molar-refractivity contribution is -0.138. The standard InChI is InChI=1S/C16H31N3O4S/c1-13(2)12-24-8-4-5-17-16(22)19-6-7-23-14(10-19)9-18(3)11-15(20)21/h13-14H,4-12H2,1-3H3,(H,17,22)(H,20,21). The second-order valence-electron chi connectivity index (χ2n) is 6.58. The van der Waals surface area contributed by atoms with Crippen LogP contribution in [0, 0.1) is 5.92 Å². The van der Waals surface area contributed by atoms with Crippen LogP contribution in [-0.4, -0.2) is 90.9 Å². The van der Waals surface area contributed by atoms with Gasteiger partial charge in [0.25, 0.3) is 0 Å². The van der Waals surface area contributed by atoms with E-state index < -0.39 is 5.97 Å². The molecule has 1 fully saturated rings. The van der Waals surface area contributed by atoms with E-state index in [0.717, 1.165) is 17.9 Å². The summed E-state index contributed by atoms with van der Waals surface area (Å²) in [6.45, 7) is 7.14. The number of hydrogen-bond donors (Lipinski definition) is 2. The number of morpholine rings is 1. The molecule has 2 N–H and O–H groups in total. The lowest BCUT2D eigenvalue weighted by Crippen LogP contribution is -2.52. The van der Waals surface area contributed by atoms with Gasteiger partial charge in [0, 0.05) is 26.2 Å². The molecule has 140 valence electrons. The van der Waals surface area contributed by atoms with Crippen molar-refractivity contribution in [3.63, 3.8) is 0 Å². The normalized spacial score (nSPS) is 18.2. The number of thioether (sulfide) groups is 1. The Morgan fingerprint density at radius 1 is 1.46 bits per heavy atom. The van der Waals surface area contributed by atoms with E-state index >= 15 is 0 Å². The zero-order valence-electron chi connectivity index (χ0n) is 15.0. The predicted molar refractivity (Wildman–Crippen MR) is 96.6 cm³/mol. The first-order chi connectivity index (χ1) is 11.4. The highest BCUT2D eigenvalue weighted by atomic mass is 32.2. The average Bonchev–Trinajstić information content (AvgIpc) is 2.49. The van der Waals surface area contributed by atoms with E-state index in [1.165, 1.54) is 0 Å². The molecule has 1 aliphatic rings. The Kier molecular flexibility index (Phi) is 10.1. The zero-order chi connectivity index (χ0) is 17.9. The maximum Gasteiger partial charge on any atom is 0.317 e. The Bertz CT molecular complexity index is 396. The molecule has 1 aliphatic heterocycles. The van der Waals surface area contributed by atoms with Crippen molar-refractivity contribution in [1.82, 2.24) is 15.1 Å². The number of nitrogens with one attached hydrogen (secondary N) is 1. The van der Waals surface area contributed by atoms with Gasteiger partial charge in [0.05, 0.1) is 19.3 Å². The summed E-state index contributed by atoms with van der Waals surface area (Å²) in [6.07, 6.45) is 0.827. The van der Waals surface area contributed by atoms with Crippen LogP contribution in [0.2, 0.25) is 0 Å². The second kappa shape index (κ2) is 11.5. The molecular formula is C16H31N3O4S. The summed E-state index contributed by atoms with van der Waals surface area (Å²) in [5.41, 5.74) is 0. The molecule has 0 aliphatic carbocycles. The maximum atomic E-state index is 12.2. The summed E-state index contributed by atoms with van der Waals surface area (Å²) in [7, 11) is 1.74. The van der Waals surface area contributed by atoms with E-state index in [4.69, 9.17) is 9.84 Å². The Morgan fingerprint density at radius 2 is 2.21 bits per heavy atom. The summed E-state index contributed by atoms with van der Waals surface area (Å²) < 4.78 is 5.63. The van der Waals surface area contributed by atoms with Crippen LogP contribution < -0.4 is 5.32 Å². The third kappa shape index (κ3) is 9.34. The van der Waals surface area contributed by atoms with Gasteiger partial charge in [-0.1, -0.05) is 13.8 Å². The van der Waals surface area contributed by atoms with Crippen LogP contribution in [0.3, 0.4) is 0 Å². The van der Waals surface area contributed by atoms with Crippen LogP contribution in [-0.2, 0) is 9.53 Å². The molecule has 0 spiro atoms. The van der Waals surface area contributed by atoms with Gasteiger partial charge in [-0.2, -0.15) is 11.8 Å². The number of hydrogen-bond acceptors (Lipinski definition) is 5. The lowest BCUT2D eigenvalue weighted by Gasteiger charge is -2.34. The highest BCUT2D eigenvalue weighted by molar-refractivity contribution is 7.99. The number of urea groups is 1. The molecule has 8 heteroatoms. The van der Waals surface area contributed by atoms with Crippen molar-refractivity contribution in [2.45, 2.75) is 26.4 Å². The minimum Gasteiger partial charge on any atom is -0.480 e. The molecular weight excluding hydrogens is 330 g/mol. The highest BCUT2D eigenvalue weighted by Crippen LogP contribution is 2.09. The van der Waals surface area contributed by atoms with Crippen molar-refractivity contribution in [2.75, 3.05) is 57.9 Å². The number of carboxylic acid groups (broad SMARTS) is 1. The first kappa shape index (κ1) is 21.1. The van der Waals surface area contributed by atoms with Crippen LogP contribution in [0.15, 0.2) is 0 Å². The summed E-state index contributed by atoms with van der Waals surface area (Å²) >= 11 is 1.92. The molecule has 1 atom stereocenters. The summed E-state index contributed by atoms with van der Waals surface area (Å²) in [5.74, 6) is 2.06. The number of aliphatic carboxylic acids is 1. The third-order valence-electron chi connectivity index (χ3n) is 3.54. The molecule has 0 radical (unpaired) electrons. The van der Waals surface area contributed by atoms with Gasteiger partial charge in [0.15, 0.2) is 0 Å².